The Kier molecular flexibility index (Phi) is 8.89. The van der Waals surface area contributed by atoms with E-state index in [1.807, 2.05) is 18.2 Å². The van der Waals surface area contributed by atoms with Crippen LogP contribution < -0.4 is 20.5 Å². The molecule has 0 spiro atoms. The third-order valence-electron chi connectivity index (χ3n) is 5.14. The topological polar surface area (TPSA) is 68.9 Å². The molecule has 1 atom stereocenters. The number of guanidine groups is 1. The minimum atomic E-state index is 0. The summed E-state index contributed by atoms with van der Waals surface area (Å²) in [6, 6.07) is 14.7. The number of fused-ring (bicyclic) bond motifs is 1. The van der Waals surface area contributed by atoms with Crippen LogP contribution in [0.1, 0.15) is 35.4 Å². The van der Waals surface area contributed by atoms with Gasteiger partial charge in [0, 0.05) is 19.0 Å². The van der Waals surface area contributed by atoms with E-state index in [-0.39, 0.29) is 24.0 Å². The predicted octanol–water partition coefficient (Wildman–Crippen LogP) is 3.89. The number of methoxy groups -OCH3 is 2. The molecule has 1 aliphatic carbocycles. The van der Waals surface area contributed by atoms with Gasteiger partial charge < -0.3 is 20.5 Å². The van der Waals surface area contributed by atoms with Gasteiger partial charge in [-0.25, -0.2) is 0 Å². The lowest BCUT2D eigenvalue weighted by molar-refractivity contribution is 0.354. The maximum atomic E-state index is 6.07. The second-order valence-electron chi connectivity index (χ2n) is 6.88. The Morgan fingerprint density at radius 2 is 1.93 bits per heavy atom. The highest BCUT2D eigenvalue weighted by molar-refractivity contribution is 14.0. The van der Waals surface area contributed by atoms with E-state index in [9.17, 15) is 0 Å². The van der Waals surface area contributed by atoms with Crippen molar-refractivity contribution in [3.63, 3.8) is 0 Å². The van der Waals surface area contributed by atoms with Gasteiger partial charge in [0.15, 0.2) is 17.5 Å². The van der Waals surface area contributed by atoms with Crippen molar-refractivity contribution >= 4 is 29.9 Å². The number of ether oxygens (including phenoxy) is 2. The summed E-state index contributed by atoms with van der Waals surface area (Å²) in [6.45, 7) is 1.47. The van der Waals surface area contributed by atoms with Crippen LogP contribution in [0.4, 0.5) is 0 Å². The number of halogens is 1. The zero-order valence-electron chi connectivity index (χ0n) is 16.6. The number of rotatable bonds is 7. The highest BCUT2D eigenvalue weighted by atomic mass is 127. The van der Waals surface area contributed by atoms with Gasteiger partial charge in [-0.05, 0) is 54.5 Å². The fraction of sp³-hybridized carbons (Fsp3) is 0.409. The molecular weight excluding hydrogens is 465 g/mol. The predicted molar refractivity (Wildman–Crippen MR) is 125 cm³/mol. The molecule has 0 amide bonds. The standard InChI is InChI=1S/C22H29N3O2.HI/c1-26-20-11-10-16(14-21(20)27-2)12-13-24-22(23)25-15-18-8-5-7-17-6-3-4-9-19(17)18;/h3-4,6,9-11,14,18H,5,7-8,12-13,15H2,1-2H3,(H3,23,24,25);1H. The van der Waals surface area contributed by atoms with Crippen LogP contribution in [0, 0.1) is 0 Å². The lowest BCUT2D eigenvalue weighted by Gasteiger charge is -2.24. The van der Waals surface area contributed by atoms with E-state index in [0.29, 0.717) is 11.9 Å². The third-order valence-corrected chi connectivity index (χ3v) is 5.14. The van der Waals surface area contributed by atoms with Crippen LogP contribution in [0.5, 0.6) is 11.5 Å². The largest absolute Gasteiger partial charge is 0.493 e. The zero-order chi connectivity index (χ0) is 19.1. The number of aryl methyl sites for hydroxylation is 1. The van der Waals surface area contributed by atoms with E-state index in [4.69, 9.17) is 15.2 Å². The fourth-order valence-electron chi connectivity index (χ4n) is 3.68. The van der Waals surface area contributed by atoms with Crippen LogP contribution in [0.3, 0.4) is 0 Å². The van der Waals surface area contributed by atoms with Gasteiger partial charge in [0.25, 0.3) is 0 Å². The summed E-state index contributed by atoms with van der Waals surface area (Å²) in [5.74, 6) is 2.47. The summed E-state index contributed by atoms with van der Waals surface area (Å²) >= 11 is 0. The average Bonchev–Trinajstić information content (AvgIpc) is 2.72. The second-order valence-corrected chi connectivity index (χ2v) is 6.88. The number of hydrogen-bond donors (Lipinski definition) is 2. The van der Waals surface area contributed by atoms with Crippen LogP contribution in [0.25, 0.3) is 0 Å². The molecule has 5 nitrogen and oxygen atoms in total. The molecule has 2 aromatic carbocycles. The summed E-state index contributed by atoms with van der Waals surface area (Å²) < 4.78 is 10.6. The van der Waals surface area contributed by atoms with E-state index >= 15 is 0 Å². The molecular formula is C22H30IN3O2. The zero-order valence-corrected chi connectivity index (χ0v) is 18.9. The molecule has 1 aliphatic rings. The number of benzene rings is 2. The van der Waals surface area contributed by atoms with Crippen molar-refractivity contribution < 1.29 is 9.47 Å². The Morgan fingerprint density at radius 3 is 2.71 bits per heavy atom. The molecule has 0 saturated carbocycles. The molecule has 0 bridgehead atoms. The lowest BCUT2D eigenvalue weighted by atomic mass is 9.83. The maximum Gasteiger partial charge on any atom is 0.188 e. The Morgan fingerprint density at radius 1 is 1.14 bits per heavy atom. The molecule has 3 rings (SSSR count). The molecule has 0 fully saturated rings. The fourth-order valence-corrected chi connectivity index (χ4v) is 3.68. The summed E-state index contributed by atoms with van der Waals surface area (Å²) in [4.78, 5) is 4.58. The van der Waals surface area contributed by atoms with Gasteiger partial charge in [-0.2, -0.15) is 0 Å². The normalized spacial score (nSPS) is 15.9. The molecule has 152 valence electrons. The van der Waals surface area contributed by atoms with E-state index < -0.39 is 0 Å². The second kappa shape index (κ2) is 11.1. The maximum absolute atomic E-state index is 6.07. The molecule has 0 radical (unpaired) electrons. The Labute approximate surface area is 184 Å². The Bertz CT molecular complexity index is 795. The van der Waals surface area contributed by atoms with Gasteiger partial charge in [-0.1, -0.05) is 30.3 Å². The van der Waals surface area contributed by atoms with Crippen molar-refractivity contribution in [2.24, 2.45) is 10.7 Å². The van der Waals surface area contributed by atoms with E-state index in [1.165, 1.54) is 30.4 Å². The first-order chi connectivity index (χ1) is 13.2. The number of nitrogens with two attached hydrogens (primary N) is 1. The Balaban J connectivity index is 0.00000280. The van der Waals surface area contributed by atoms with Crippen molar-refractivity contribution in [2.75, 3.05) is 27.3 Å². The van der Waals surface area contributed by atoms with E-state index in [1.54, 1.807) is 14.2 Å². The van der Waals surface area contributed by atoms with Crippen molar-refractivity contribution in [1.82, 2.24) is 5.32 Å². The number of aliphatic imine (C=N–C) groups is 1. The Hall–Kier alpha value is -1.96. The van der Waals surface area contributed by atoms with Gasteiger partial charge >= 0.3 is 0 Å². The van der Waals surface area contributed by atoms with Crippen molar-refractivity contribution in [1.29, 1.82) is 0 Å². The molecule has 1 unspecified atom stereocenters. The van der Waals surface area contributed by atoms with Crippen molar-refractivity contribution in [3.05, 3.63) is 59.2 Å². The molecule has 2 aromatic rings. The highest BCUT2D eigenvalue weighted by Gasteiger charge is 2.19. The molecule has 0 aromatic heterocycles. The third kappa shape index (κ3) is 5.77. The van der Waals surface area contributed by atoms with Crippen LogP contribution >= 0.6 is 24.0 Å². The average molecular weight is 495 g/mol. The molecule has 0 heterocycles. The van der Waals surface area contributed by atoms with Gasteiger partial charge in [0.1, 0.15) is 0 Å². The summed E-state index contributed by atoms with van der Waals surface area (Å²) in [6.07, 6.45) is 4.42. The summed E-state index contributed by atoms with van der Waals surface area (Å²) in [5.41, 5.74) is 10.1. The van der Waals surface area contributed by atoms with Crippen molar-refractivity contribution in [2.45, 2.75) is 31.6 Å². The van der Waals surface area contributed by atoms with Crippen molar-refractivity contribution in [3.8, 4) is 11.5 Å². The van der Waals surface area contributed by atoms with Crippen LogP contribution in [0.2, 0.25) is 0 Å². The molecule has 28 heavy (non-hydrogen) atoms. The molecule has 0 saturated heterocycles. The highest BCUT2D eigenvalue weighted by Crippen LogP contribution is 2.31. The number of nitrogens with one attached hydrogen (secondary N) is 1. The van der Waals surface area contributed by atoms with Gasteiger partial charge in [0.05, 0.1) is 14.2 Å². The van der Waals surface area contributed by atoms with Crippen LogP contribution in [-0.2, 0) is 12.8 Å². The van der Waals surface area contributed by atoms with Gasteiger partial charge in [-0.15, -0.1) is 24.0 Å². The number of nitrogens with zero attached hydrogens (tertiary/aromatic N) is 1. The molecule has 3 N–H and O–H groups in total. The van der Waals surface area contributed by atoms with Crippen LogP contribution in [-0.4, -0.2) is 33.3 Å². The van der Waals surface area contributed by atoms with Gasteiger partial charge in [-0.3, -0.25) is 4.99 Å². The lowest BCUT2D eigenvalue weighted by Crippen LogP contribution is -2.33. The smallest absolute Gasteiger partial charge is 0.188 e. The quantitative estimate of drug-likeness (QED) is 0.348. The van der Waals surface area contributed by atoms with Crippen LogP contribution in [0.15, 0.2) is 47.5 Å². The minimum absolute atomic E-state index is 0. The molecule has 6 heteroatoms. The molecule has 0 aliphatic heterocycles. The minimum Gasteiger partial charge on any atom is -0.493 e. The first-order valence-electron chi connectivity index (χ1n) is 9.53. The monoisotopic (exact) mass is 495 g/mol. The summed E-state index contributed by atoms with van der Waals surface area (Å²) in [5, 5.41) is 3.22. The first kappa shape index (κ1) is 22.3. The SMILES string of the molecule is COc1ccc(CCNC(N)=NCC2CCCc3ccccc32)cc1OC.I. The van der Waals surface area contributed by atoms with E-state index in [0.717, 1.165) is 36.6 Å². The first-order valence-corrected chi connectivity index (χ1v) is 9.53. The number of hydrogen-bond acceptors (Lipinski definition) is 3. The van der Waals surface area contributed by atoms with Gasteiger partial charge in [0.2, 0.25) is 0 Å². The van der Waals surface area contributed by atoms with E-state index in [2.05, 4.69) is 34.6 Å². The summed E-state index contributed by atoms with van der Waals surface area (Å²) in [7, 11) is 3.29.